The average Bonchev–Trinajstić information content (AvgIpc) is 3.33. The van der Waals surface area contributed by atoms with Gasteiger partial charge in [0.1, 0.15) is 17.8 Å². The van der Waals surface area contributed by atoms with Gasteiger partial charge >= 0.3 is 5.97 Å². The Morgan fingerprint density at radius 3 is 2.48 bits per heavy atom. The van der Waals surface area contributed by atoms with Crippen molar-refractivity contribution in [3.63, 3.8) is 0 Å². The van der Waals surface area contributed by atoms with E-state index in [1.165, 1.54) is 7.11 Å². The van der Waals surface area contributed by atoms with Crippen molar-refractivity contribution in [1.29, 1.82) is 0 Å². The van der Waals surface area contributed by atoms with Gasteiger partial charge in [-0.1, -0.05) is 57.4 Å². The van der Waals surface area contributed by atoms with Crippen molar-refractivity contribution in [1.82, 2.24) is 15.6 Å². The van der Waals surface area contributed by atoms with Gasteiger partial charge in [0.25, 0.3) is 5.91 Å². The molecule has 1 aromatic carbocycles. The van der Waals surface area contributed by atoms with Crippen LogP contribution in [0.15, 0.2) is 36.4 Å². The van der Waals surface area contributed by atoms with E-state index in [1.807, 2.05) is 44.2 Å². The first kappa shape index (κ1) is 22.7. The van der Waals surface area contributed by atoms with Crippen LogP contribution in [0.5, 0.6) is 0 Å². The first-order valence-corrected chi connectivity index (χ1v) is 11.0. The maximum Gasteiger partial charge on any atom is 0.328 e. The normalized spacial score (nSPS) is 17.0. The van der Waals surface area contributed by atoms with Gasteiger partial charge in [0.2, 0.25) is 5.91 Å². The summed E-state index contributed by atoms with van der Waals surface area (Å²) in [6.07, 6.45) is 4.46. The highest BCUT2D eigenvalue weighted by Gasteiger charge is 2.36. The van der Waals surface area contributed by atoms with E-state index in [1.54, 1.807) is 6.07 Å². The number of esters is 1. The first-order chi connectivity index (χ1) is 14.9. The number of methoxy groups -OCH3 is 1. The number of aromatic nitrogens is 1. The van der Waals surface area contributed by atoms with E-state index in [2.05, 4.69) is 15.6 Å². The molecular formula is C24H31N3O4. The van der Waals surface area contributed by atoms with Gasteiger partial charge in [0.05, 0.1) is 12.6 Å². The third-order valence-corrected chi connectivity index (χ3v) is 6.24. The second-order valence-corrected chi connectivity index (χ2v) is 8.28. The third kappa shape index (κ3) is 5.40. The quantitative estimate of drug-likeness (QED) is 0.633. The molecule has 1 heterocycles. The summed E-state index contributed by atoms with van der Waals surface area (Å²) in [6, 6.07) is 9.60. The summed E-state index contributed by atoms with van der Waals surface area (Å²) in [6.45, 7) is 3.85. The minimum absolute atomic E-state index is 0.0274. The highest BCUT2D eigenvalue weighted by atomic mass is 16.5. The number of nitrogens with one attached hydrogen (secondary N) is 2. The van der Waals surface area contributed by atoms with Gasteiger partial charge in [0.15, 0.2) is 0 Å². The molecule has 3 atom stereocenters. The largest absolute Gasteiger partial charge is 0.467 e. The van der Waals surface area contributed by atoms with E-state index >= 15 is 0 Å². The molecule has 1 fully saturated rings. The molecule has 0 aliphatic heterocycles. The number of para-hydroxylation sites is 1. The van der Waals surface area contributed by atoms with Gasteiger partial charge in [-0.3, -0.25) is 9.59 Å². The topological polar surface area (TPSA) is 97.4 Å². The number of rotatable bonds is 8. The van der Waals surface area contributed by atoms with Crippen LogP contribution in [0, 0.1) is 11.8 Å². The fraction of sp³-hybridized carbons (Fsp3) is 0.500. The van der Waals surface area contributed by atoms with Crippen LogP contribution >= 0.6 is 0 Å². The zero-order valence-corrected chi connectivity index (χ0v) is 18.4. The van der Waals surface area contributed by atoms with E-state index in [4.69, 9.17) is 4.74 Å². The second kappa shape index (κ2) is 10.4. The van der Waals surface area contributed by atoms with Crippen LogP contribution in [-0.4, -0.2) is 42.0 Å². The Morgan fingerprint density at radius 2 is 1.81 bits per heavy atom. The Bertz CT molecular complexity index is 939. The molecule has 2 aromatic rings. The van der Waals surface area contributed by atoms with Crippen molar-refractivity contribution >= 4 is 28.7 Å². The summed E-state index contributed by atoms with van der Waals surface area (Å²) in [7, 11) is 1.31. The van der Waals surface area contributed by atoms with Crippen molar-refractivity contribution in [2.75, 3.05) is 7.11 Å². The number of fused-ring (bicyclic) bond motifs is 1. The maximum absolute atomic E-state index is 13.2. The van der Waals surface area contributed by atoms with Gasteiger partial charge in [-0.25, -0.2) is 9.78 Å². The number of nitrogens with zero attached hydrogens (tertiary/aromatic N) is 1. The van der Waals surface area contributed by atoms with Gasteiger partial charge < -0.3 is 15.4 Å². The zero-order chi connectivity index (χ0) is 22.4. The SMILES string of the molecule is CC[C@H](C)[C@H](NC(=O)[C@@H](NC(=O)c1ccc2ccccc2n1)C1CCCC1)C(=O)OC. The Balaban J connectivity index is 1.80. The number of pyridine rings is 1. The van der Waals surface area contributed by atoms with E-state index in [-0.39, 0.29) is 23.4 Å². The van der Waals surface area contributed by atoms with E-state index in [9.17, 15) is 14.4 Å². The molecular weight excluding hydrogens is 394 g/mol. The Morgan fingerprint density at radius 1 is 1.10 bits per heavy atom. The highest BCUT2D eigenvalue weighted by molar-refractivity contribution is 5.98. The molecule has 7 heteroatoms. The number of carbonyl (C=O) groups is 3. The van der Waals surface area contributed by atoms with Crippen LogP contribution in [0.25, 0.3) is 10.9 Å². The molecule has 1 aliphatic carbocycles. The molecule has 0 saturated heterocycles. The van der Waals surface area contributed by atoms with Crippen LogP contribution in [0.2, 0.25) is 0 Å². The van der Waals surface area contributed by atoms with Crippen LogP contribution < -0.4 is 10.6 Å². The lowest BCUT2D eigenvalue weighted by atomic mass is 9.94. The summed E-state index contributed by atoms with van der Waals surface area (Å²) in [4.78, 5) is 42.9. The van der Waals surface area contributed by atoms with Gasteiger partial charge in [0, 0.05) is 5.39 Å². The number of amides is 2. The standard InChI is InChI=1S/C24H31N3O4/c1-4-15(2)20(24(30)31-3)26-23(29)21(17-10-5-6-11-17)27-22(28)19-14-13-16-9-7-8-12-18(16)25-19/h7-9,12-15,17,20-21H,4-6,10-11H2,1-3H3,(H,26,29)(H,27,28)/t15-,20-,21-/m0/s1. The fourth-order valence-corrected chi connectivity index (χ4v) is 4.14. The van der Waals surface area contributed by atoms with Crippen molar-refractivity contribution in [3.05, 3.63) is 42.1 Å². The van der Waals surface area contributed by atoms with Gasteiger partial charge in [-0.15, -0.1) is 0 Å². The number of benzene rings is 1. The van der Waals surface area contributed by atoms with Crippen LogP contribution in [-0.2, 0) is 14.3 Å². The molecule has 1 aromatic heterocycles. The molecule has 31 heavy (non-hydrogen) atoms. The monoisotopic (exact) mass is 425 g/mol. The van der Waals surface area contributed by atoms with Crippen molar-refractivity contribution in [2.24, 2.45) is 11.8 Å². The number of hydrogen-bond acceptors (Lipinski definition) is 5. The summed E-state index contributed by atoms with van der Waals surface area (Å²) in [5.41, 5.74) is 0.987. The zero-order valence-electron chi connectivity index (χ0n) is 18.4. The van der Waals surface area contributed by atoms with E-state index < -0.39 is 24.0 Å². The molecule has 0 bridgehead atoms. The number of ether oxygens (including phenoxy) is 1. The molecule has 1 aliphatic rings. The summed E-state index contributed by atoms with van der Waals surface area (Å²) in [5, 5.41) is 6.67. The lowest BCUT2D eigenvalue weighted by Gasteiger charge is -2.28. The Labute approximate surface area is 182 Å². The molecule has 2 amide bonds. The molecule has 7 nitrogen and oxygen atoms in total. The molecule has 166 valence electrons. The average molecular weight is 426 g/mol. The smallest absolute Gasteiger partial charge is 0.328 e. The molecule has 0 radical (unpaired) electrons. The molecule has 0 spiro atoms. The molecule has 3 rings (SSSR count). The summed E-state index contributed by atoms with van der Waals surface area (Å²) in [5.74, 6) is -1.28. The van der Waals surface area contributed by atoms with Crippen LogP contribution in [0.3, 0.4) is 0 Å². The molecule has 1 saturated carbocycles. The Kier molecular flexibility index (Phi) is 7.60. The van der Waals surface area contributed by atoms with Crippen molar-refractivity contribution in [3.8, 4) is 0 Å². The highest BCUT2D eigenvalue weighted by Crippen LogP contribution is 2.28. The summed E-state index contributed by atoms with van der Waals surface area (Å²) >= 11 is 0. The first-order valence-electron chi connectivity index (χ1n) is 11.0. The lowest BCUT2D eigenvalue weighted by Crippen LogP contribution is -2.55. The predicted octanol–water partition coefficient (Wildman–Crippen LogP) is 3.23. The van der Waals surface area contributed by atoms with Crippen LogP contribution in [0.4, 0.5) is 0 Å². The number of carbonyl (C=O) groups excluding carboxylic acids is 3. The predicted molar refractivity (Wildman–Crippen MR) is 118 cm³/mol. The molecule has 2 N–H and O–H groups in total. The molecule has 0 unspecified atom stereocenters. The van der Waals surface area contributed by atoms with Crippen molar-refractivity contribution < 1.29 is 19.1 Å². The van der Waals surface area contributed by atoms with Gasteiger partial charge in [-0.05, 0) is 36.8 Å². The minimum atomic E-state index is -0.748. The maximum atomic E-state index is 13.2. The second-order valence-electron chi connectivity index (χ2n) is 8.28. The Hall–Kier alpha value is -2.96. The summed E-state index contributed by atoms with van der Waals surface area (Å²) < 4.78 is 4.88. The van der Waals surface area contributed by atoms with E-state index in [0.717, 1.165) is 36.6 Å². The third-order valence-electron chi connectivity index (χ3n) is 6.24. The fourth-order valence-electron chi connectivity index (χ4n) is 4.14. The number of hydrogen-bond donors (Lipinski definition) is 2. The van der Waals surface area contributed by atoms with E-state index in [0.29, 0.717) is 6.42 Å². The lowest BCUT2D eigenvalue weighted by molar-refractivity contribution is -0.147. The van der Waals surface area contributed by atoms with Crippen LogP contribution in [0.1, 0.15) is 56.4 Å². The minimum Gasteiger partial charge on any atom is -0.467 e. The van der Waals surface area contributed by atoms with Gasteiger partial charge in [-0.2, -0.15) is 0 Å². The van der Waals surface area contributed by atoms with Crippen molar-refractivity contribution in [2.45, 2.75) is 58.0 Å².